The average molecular weight is 243 g/mol. The predicted octanol–water partition coefficient (Wildman–Crippen LogP) is 3.39. The van der Waals surface area contributed by atoms with Crippen molar-refractivity contribution in [3.05, 3.63) is 28.8 Å². The smallest absolute Gasteiger partial charge is 0.339 e. The van der Waals surface area contributed by atoms with Crippen LogP contribution >= 0.6 is 11.6 Å². The molecule has 16 heavy (non-hydrogen) atoms. The first-order chi connectivity index (χ1) is 7.54. The van der Waals surface area contributed by atoms with Crippen molar-refractivity contribution in [3.8, 4) is 5.75 Å². The summed E-state index contributed by atoms with van der Waals surface area (Å²) in [5.41, 5.74) is 0.280. The van der Waals surface area contributed by atoms with Gasteiger partial charge in [0.05, 0.1) is 16.7 Å². The Morgan fingerprint density at radius 2 is 2.25 bits per heavy atom. The van der Waals surface area contributed by atoms with Gasteiger partial charge < -0.3 is 9.84 Å². The van der Waals surface area contributed by atoms with Gasteiger partial charge in [-0.15, -0.1) is 0 Å². The number of hydrogen-bond acceptors (Lipinski definition) is 3. The zero-order valence-electron chi connectivity index (χ0n) is 9.37. The van der Waals surface area contributed by atoms with Crippen LogP contribution in [0.15, 0.2) is 18.2 Å². The van der Waals surface area contributed by atoms with E-state index in [1.165, 1.54) is 18.2 Å². The highest BCUT2D eigenvalue weighted by molar-refractivity contribution is 6.33. The first-order valence-electron chi connectivity index (χ1n) is 5.24. The summed E-state index contributed by atoms with van der Waals surface area (Å²) in [5, 5.41) is 9.35. The van der Waals surface area contributed by atoms with Crippen molar-refractivity contribution in [2.45, 2.75) is 32.8 Å². The van der Waals surface area contributed by atoms with Crippen molar-refractivity contribution in [2.24, 2.45) is 0 Å². The van der Waals surface area contributed by atoms with E-state index < -0.39 is 5.97 Å². The minimum absolute atomic E-state index is 0.0307. The predicted molar refractivity (Wildman–Crippen MR) is 62.9 cm³/mol. The molecule has 1 aromatic carbocycles. The summed E-state index contributed by atoms with van der Waals surface area (Å²) in [6.45, 7) is 3.87. The second-order valence-electron chi connectivity index (χ2n) is 3.67. The summed E-state index contributed by atoms with van der Waals surface area (Å²) in [7, 11) is 0. The maximum absolute atomic E-state index is 11.7. The molecule has 0 aromatic heterocycles. The van der Waals surface area contributed by atoms with E-state index in [9.17, 15) is 4.79 Å². The molecule has 0 aliphatic rings. The van der Waals surface area contributed by atoms with E-state index in [2.05, 4.69) is 0 Å². The molecule has 4 heteroatoms. The van der Waals surface area contributed by atoms with E-state index in [1.54, 1.807) is 0 Å². The summed E-state index contributed by atoms with van der Waals surface area (Å²) >= 11 is 5.82. The summed E-state index contributed by atoms with van der Waals surface area (Å²) in [5.74, 6) is -0.422. The highest BCUT2D eigenvalue weighted by atomic mass is 35.5. The third kappa shape index (κ3) is 3.42. The number of halogens is 1. The van der Waals surface area contributed by atoms with Gasteiger partial charge in [-0.25, -0.2) is 4.79 Å². The van der Waals surface area contributed by atoms with Crippen LogP contribution in [0, 0.1) is 0 Å². The molecular formula is C12H15ClO3. The fourth-order valence-electron chi connectivity index (χ4n) is 1.38. The lowest BCUT2D eigenvalue weighted by Gasteiger charge is -2.12. The summed E-state index contributed by atoms with van der Waals surface area (Å²) in [6.07, 6.45) is 1.65. The Morgan fingerprint density at radius 3 is 2.81 bits per heavy atom. The number of carbonyl (C=O) groups excluding carboxylic acids is 1. The van der Waals surface area contributed by atoms with Crippen molar-refractivity contribution in [2.75, 3.05) is 0 Å². The van der Waals surface area contributed by atoms with E-state index in [0.29, 0.717) is 0 Å². The van der Waals surface area contributed by atoms with E-state index in [4.69, 9.17) is 21.4 Å². The molecule has 0 saturated heterocycles. The Labute approximate surface area is 100.0 Å². The molecule has 0 aliphatic heterocycles. The highest BCUT2D eigenvalue weighted by Gasteiger charge is 2.14. The van der Waals surface area contributed by atoms with Gasteiger partial charge in [0.15, 0.2) is 0 Å². The molecule has 1 unspecified atom stereocenters. The van der Waals surface area contributed by atoms with Crippen LogP contribution < -0.4 is 0 Å². The molecule has 1 N–H and O–H groups in total. The molecule has 1 aromatic rings. The molecule has 0 aliphatic carbocycles. The number of esters is 1. The second-order valence-corrected chi connectivity index (χ2v) is 4.08. The van der Waals surface area contributed by atoms with Crippen LogP contribution in [0.1, 0.15) is 37.0 Å². The number of aromatic hydroxyl groups is 1. The number of carbonyl (C=O) groups is 1. The zero-order chi connectivity index (χ0) is 12.1. The quantitative estimate of drug-likeness (QED) is 0.824. The summed E-state index contributed by atoms with van der Waals surface area (Å²) < 4.78 is 5.19. The van der Waals surface area contributed by atoms with Gasteiger partial charge in [0, 0.05) is 0 Å². The zero-order valence-corrected chi connectivity index (χ0v) is 10.1. The largest absolute Gasteiger partial charge is 0.508 e. The van der Waals surface area contributed by atoms with Gasteiger partial charge in [0.25, 0.3) is 0 Å². The standard InChI is InChI=1S/C12H15ClO3/c1-3-4-8(2)16-12(15)10-6-5-9(14)7-11(10)13/h5-8,14H,3-4H2,1-2H3. The second kappa shape index (κ2) is 5.75. The van der Waals surface area contributed by atoms with Gasteiger partial charge in [-0.3, -0.25) is 0 Å². The molecule has 3 nitrogen and oxygen atoms in total. The summed E-state index contributed by atoms with van der Waals surface area (Å²) in [4.78, 5) is 11.7. The molecule has 0 fully saturated rings. The number of phenolic OH excluding ortho intramolecular Hbond substituents is 1. The molecule has 0 spiro atoms. The Kier molecular flexibility index (Phi) is 4.62. The Hall–Kier alpha value is -1.22. The summed E-state index contributed by atoms with van der Waals surface area (Å²) in [6, 6.07) is 4.19. The molecule has 1 rings (SSSR count). The van der Waals surface area contributed by atoms with E-state index in [1.807, 2.05) is 13.8 Å². The molecule has 88 valence electrons. The molecular weight excluding hydrogens is 228 g/mol. The van der Waals surface area contributed by atoms with Crippen molar-refractivity contribution in [1.29, 1.82) is 0 Å². The van der Waals surface area contributed by atoms with Crippen molar-refractivity contribution >= 4 is 17.6 Å². The molecule has 0 radical (unpaired) electrons. The topological polar surface area (TPSA) is 46.5 Å². The normalized spacial score (nSPS) is 12.2. The van der Waals surface area contributed by atoms with Crippen LogP contribution in [0.4, 0.5) is 0 Å². The lowest BCUT2D eigenvalue weighted by atomic mass is 10.2. The highest BCUT2D eigenvalue weighted by Crippen LogP contribution is 2.22. The Morgan fingerprint density at radius 1 is 1.56 bits per heavy atom. The molecule has 0 heterocycles. The first kappa shape index (κ1) is 12.8. The van der Waals surface area contributed by atoms with Crippen LogP contribution in [0.5, 0.6) is 5.75 Å². The van der Waals surface area contributed by atoms with Gasteiger partial charge in [0.1, 0.15) is 5.75 Å². The third-order valence-electron chi connectivity index (χ3n) is 2.18. The Bertz CT molecular complexity index is 377. The van der Waals surface area contributed by atoms with Crippen molar-refractivity contribution in [1.82, 2.24) is 0 Å². The lowest BCUT2D eigenvalue weighted by Crippen LogP contribution is -2.15. The number of rotatable bonds is 4. The maximum atomic E-state index is 11.7. The van der Waals surface area contributed by atoms with Crippen LogP contribution in [-0.4, -0.2) is 17.2 Å². The van der Waals surface area contributed by atoms with Crippen LogP contribution in [0.25, 0.3) is 0 Å². The Balaban J connectivity index is 2.73. The number of ether oxygens (including phenoxy) is 1. The van der Waals surface area contributed by atoms with Gasteiger partial charge in [-0.2, -0.15) is 0 Å². The minimum atomic E-state index is -0.453. The maximum Gasteiger partial charge on any atom is 0.339 e. The molecule has 0 saturated carbocycles. The third-order valence-corrected chi connectivity index (χ3v) is 2.49. The lowest BCUT2D eigenvalue weighted by molar-refractivity contribution is 0.0323. The fraction of sp³-hybridized carbons (Fsp3) is 0.417. The monoisotopic (exact) mass is 242 g/mol. The van der Waals surface area contributed by atoms with Crippen LogP contribution in [0.3, 0.4) is 0 Å². The van der Waals surface area contributed by atoms with Crippen molar-refractivity contribution in [3.63, 3.8) is 0 Å². The van der Waals surface area contributed by atoms with Crippen LogP contribution in [-0.2, 0) is 4.74 Å². The van der Waals surface area contributed by atoms with Gasteiger partial charge in [-0.1, -0.05) is 24.9 Å². The molecule has 0 bridgehead atoms. The number of hydrogen-bond donors (Lipinski definition) is 1. The number of benzene rings is 1. The number of phenols is 1. The van der Waals surface area contributed by atoms with E-state index >= 15 is 0 Å². The van der Waals surface area contributed by atoms with Gasteiger partial charge in [0.2, 0.25) is 0 Å². The fourth-order valence-corrected chi connectivity index (χ4v) is 1.63. The minimum Gasteiger partial charge on any atom is -0.508 e. The first-order valence-corrected chi connectivity index (χ1v) is 5.62. The molecule has 0 amide bonds. The van der Waals surface area contributed by atoms with Crippen LogP contribution in [0.2, 0.25) is 5.02 Å². The molecule has 1 atom stereocenters. The SMILES string of the molecule is CCCC(C)OC(=O)c1ccc(O)cc1Cl. The van der Waals surface area contributed by atoms with E-state index in [-0.39, 0.29) is 22.4 Å². The average Bonchev–Trinajstić information content (AvgIpc) is 2.17. The van der Waals surface area contributed by atoms with Gasteiger partial charge >= 0.3 is 5.97 Å². The van der Waals surface area contributed by atoms with E-state index in [0.717, 1.165) is 12.8 Å². The van der Waals surface area contributed by atoms with Gasteiger partial charge in [-0.05, 0) is 31.5 Å². The van der Waals surface area contributed by atoms with Crippen molar-refractivity contribution < 1.29 is 14.6 Å².